The molecular weight excluding hydrogens is 553 g/mol. The Morgan fingerprint density at radius 3 is 2.15 bits per heavy atom. The first kappa shape index (κ1) is 31.1. The lowest BCUT2D eigenvalue weighted by Gasteiger charge is -2.35. The van der Waals surface area contributed by atoms with Crippen LogP contribution in [-0.4, -0.2) is 49.5 Å². The van der Waals surface area contributed by atoms with Crippen molar-refractivity contribution in [2.45, 2.75) is 52.2 Å². The summed E-state index contributed by atoms with van der Waals surface area (Å²) < 4.78 is 40.5. The molecule has 0 aromatic heterocycles. The second kappa shape index (κ2) is 12.8. The van der Waals surface area contributed by atoms with Gasteiger partial charge in [-0.25, -0.2) is 12.8 Å². The largest absolute Gasteiger partial charge is 0.350 e. The smallest absolute Gasteiger partial charge is 0.244 e. The van der Waals surface area contributed by atoms with Gasteiger partial charge in [0, 0.05) is 23.5 Å². The average Bonchev–Trinajstić information content (AvgIpc) is 2.85. The van der Waals surface area contributed by atoms with Gasteiger partial charge in [0.05, 0.1) is 11.9 Å². The summed E-state index contributed by atoms with van der Waals surface area (Å²) in [5.74, 6) is -1.41. The summed E-state index contributed by atoms with van der Waals surface area (Å²) in [5.41, 5.74) is 1.70. The van der Waals surface area contributed by atoms with Crippen molar-refractivity contribution in [3.05, 3.63) is 100 Å². The molecule has 0 aliphatic heterocycles. The van der Waals surface area contributed by atoms with Crippen LogP contribution in [0.25, 0.3) is 0 Å². The molecule has 0 heterocycles. The molecule has 7 nitrogen and oxygen atoms in total. The van der Waals surface area contributed by atoms with Crippen molar-refractivity contribution in [2.75, 3.05) is 17.1 Å². The van der Waals surface area contributed by atoms with E-state index in [9.17, 15) is 22.4 Å². The van der Waals surface area contributed by atoms with Gasteiger partial charge in [0.1, 0.15) is 18.4 Å². The van der Waals surface area contributed by atoms with Gasteiger partial charge in [-0.2, -0.15) is 0 Å². The van der Waals surface area contributed by atoms with E-state index in [4.69, 9.17) is 11.6 Å². The van der Waals surface area contributed by atoms with E-state index in [0.717, 1.165) is 16.1 Å². The topological polar surface area (TPSA) is 86.8 Å². The highest BCUT2D eigenvalue weighted by Crippen LogP contribution is 2.26. The summed E-state index contributed by atoms with van der Waals surface area (Å²) in [6.07, 6.45) is 1.21. The summed E-state index contributed by atoms with van der Waals surface area (Å²) in [4.78, 5) is 29.1. The zero-order valence-corrected chi connectivity index (χ0v) is 24.9. The Bertz CT molecular complexity index is 1440. The summed E-state index contributed by atoms with van der Waals surface area (Å²) in [5, 5.41) is 3.39. The van der Waals surface area contributed by atoms with Crippen LogP contribution in [0.4, 0.5) is 10.1 Å². The minimum Gasteiger partial charge on any atom is -0.350 e. The summed E-state index contributed by atoms with van der Waals surface area (Å²) in [6, 6.07) is 18.6. The fourth-order valence-electron chi connectivity index (χ4n) is 4.29. The number of nitrogens with zero attached hydrogens (tertiary/aromatic N) is 2. The van der Waals surface area contributed by atoms with Crippen LogP contribution in [0.3, 0.4) is 0 Å². The predicted molar refractivity (Wildman–Crippen MR) is 157 cm³/mol. The molecule has 0 bridgehead atoms. The number of anilines is 1. The van der Waals surface area contributed by atoms with Gasteiger partial charge in [0.2, 0.25) is 21.8 Å². The maximum absolute atomic E-state index is 14.1. The van der Waals surface area contributed by atoms with Crippen molar-refractivity contribution in [2.24, 2.45) is 0 Å². The van der Waals surface area contributed by atoms with Crippen LogP contribution in [0, 0.1) is 12.7 Å². The first-order valence-electron chi connectivity index (χ1n) is 12.8. The average molecular weight is 588 g/mol. The summed E-state index contributed by atoms with van der Waals surface area (Å²) >= 11 is 6.09. The Morgan fingerprint density at radius 2 is 1.60 bits per heavy atom. The van der Waals surface area contributed by atoms with Crippen LogP contribution in [0.1, 0.15) is 37.5 Å². The quantitative estimate of drug-likeness (QED) is 0.357. The Balaban J connectivity index is 2.09. The molecule has 3 aromatic carbocycles. The maximum atomic E-state index is 14.1. The van der Waals surface area contributed by atoms with Crippen LogP contribution >= 0.6 is 11.6 Å². The zero-order valence-electron chi connectivity index (χ0n) is 23.3. The first-order valence-corrected chi connectivity index (χ1v) is 15.0. The normalized spacial score (nSPS) is 12.5. The minimum atomic E-state index is -3.90. The Hall–Kier alpha value is -3.43. The predicted octanol–water partition coefficient (Wildman–Crippen LogP) is 5.11. The molecule has 0 saturated carbocycles. The first-order chi connectivity index (χ1) is 18.6. The zero-order chi connectivity index (χ0) is 29.7. The number of rotatable bonds is 10. The lowest BCUT2D eigenvalue weighted by atomic mass is 10.0. The molecule has 0 aliphatic rings. The van der Waals surface area contributed by atoms with E-state index in [0.29, 0.717) is 21.8 Å². The lowest BCUT2D eigenvalue weighted by Crippen LogP contribution is -2.56. The number of carbonyl (C=O) groups excluding carboxylic acids is 2. The number of nitrogens with one attached hydrogen (secondary N) is 1. The molecule has 0 saturated heterocycles. The maximum Gasteiger partial charge on any atom is 0.244 e. The Morgan fingerprint density at radius 1 is 0.975 bits per heavy atom. The van der Waals surface area contributed by atoms with Crippen molar-refractivity contribution in [3.8, 4) is 0 Å². The second-order valence-corrected chi connectivity index (χ2v) is 13.1. The number of sulfonamides is 1. The molecule has 0 fully saturated rings. The molecule has 2 amide bonds. The minimum absolute atomic E-state index is 0.0363. The number of amides is 2. The van der Waals surface area contributed by atoms with Gasteiger partial charge in [-0.05, 0) is 74.7 Å². The third kappa shape index (κ3) is 8.79. The summed E-state index contributed by atoms with van der Waals surface area (Å²) in [7, 11) is -3.90. The summed E-state index contributed by atoms with van der Waals surface area (Å²) in [6.45, 7) is 6.64. The van der Waals surface area contributed by atoms with Gasteiger partial charge in [-0.15, -0.1) is 0 Å². The van der Waals surface area contributed by atoms with Crippen LogP contribution in [0.5, 0.6) is 0 Å². The van der Waals surface area contributed by atoms with E-state index in [-0.39, 0.29) is 18.9 Å². The molecule has 214 valence electrons. The molecule has 1 unspecified atom stereocenters. The van der Waals surface area contributed by atoms with Crippen LogP contribution in [-0.2, 0) is 32.6 Å². The van der Waals surface area contributed by atoms with Crippen molar-refractivity contribution in [1.29, 1.82) is 0 Å². The van der Waals surface area contributed by atoms with E-state index in [1.165, 1.54) is 29.2 Å². The van der Waals surface area contributed by atoms with Crippen molar-refractivity contribution < 1.29 is 22.4 Å². The number of carbonyl (C=O) groups is 2. The molecule has 3 aromatic rings. The van der Waals surface area contributed by atoms with Gasteiger partial charge in [0.15, 0.2) is 0 Å². The van der Waals surface area contributed by atoms with Crippen LogP contribution in [0.2, 0.25) is 5.02 Å². The van der Waals surface area contributed by atoms with E-state index in [2.05, 4.69) is 5.32 Å². The van der Waals surface area contributed by atoms with E-state index < -0.39 is 39.9 Å². The fourth-order valence-corrected chi connectivity index (χ4v) is 5.42. The lowest BCUT2D eigenvalue weighted by molar-refractivity contribution is -0.140. The van der Waals surface area contributed by atoms with E-state index in [1.807, 2.05) is 51.1 Å². The van der Waals surface area contributed by atoms with E-state index >= 15 is 0 Å². The third-order valence-corrected chi connectivity index (χ3v) is 7.50. The third-order valence-electron chi connectivity index (χ3n) is 6.14. The standard InChI is InChI=1S/C30H35ClFN3O4S/c1-21-17-24(31)13-16-26(21)35(40(5,38)39)20-28(36)34(19-23-11-14-25(32)15-12-23)27(29(37)33-30(2,3)4)18-22-9-7-6-8-10-22/h6-17,27H,18-20H2,1-5H3,(H,33,37). The fraction of sp³-hybridized carbons (Fsp3) is 0.333. The Labute approximate surface area is 241 Å². The highest BCUT2D eigenvalue weighted by molar-refractivity contribution is 7.92. The van der Waals surface area contributed by atoms with Crippen molar-refractivity contribution >= 4 is 39.1 Å². The van der Waals surface area contributed by atoms with Gasteiger partial charge in [-0.1, -0.05) is 54.1 Å². The molecular formula is C30H35ClFN3O4S. The van der Waals surface area contributed by atoms with Gasteiger partial charge in [0.25, 0.3) is 0 Å². The van der Waals surface area contributed by atoms with Crippen molar-refractivity contribution in [3.63, 3.8) is 0 Å². The molecule has 40 heavy (non-hydrogen) atoms. The monoisotopic (exact) mass is 587 g/mol. The number of halogens is 2. The van der Waals surface area contributed by atoms with Gasteiger partial charge >= 0.3 is 0 Å². The number of hydrogen-bond acceptors (Lipinski definition) is 4. The molecule has 1 atom stereocenters. The number of hydrogen-bond donors (Lipinski definition) is 1. The highest BCUT2D eigenvalue weighted by atomic mass is 35.5. The number of aryl methyl sites for hydroxylation is 1. The van der Waals surface area contributed by atoms with Crippen molar-refractivity contribution in [1.82, 2.24) is 10.2 Å². The van der Waals surface area contributed by atoms with E-state index in [1.54, 1.807) is 25.1 Å². The molecule has 1 N–H and O–H groups in total. The molecule has 0 radical (unpaired) electrons. The SMILES string of the molecule is Cc1cc(Cl)ccc1N(CC(=O)N(Cc1ccc(F)cc1)C(Cc1ccccc1)C(=O)NC(C)(C)C)S(C)(=O)=O. The molecule has 10 heteroatoms. The Kier molecular flexibility index (Phi) is 9.97. The molecule has 0 spiro atoms. The number of benzene rings is 3. The molecule has 0 aliphatic carbocycles. The second-order valence-electron chi connectivity index (χ2n) is 10.8. The van der Waals surface area contributed by atoms with Crippen LogP contribution < -0.4 is 9.62 Å². The van der Waals surface area contributed by atoms with Gasteiger partial charge in [-0.3, -0.25) is 13.9 Å². The molecule has 3 rings (SSSR count). The van der Waals surface area contributed by atoms with Gasteiger partial charge < -0.3 is 10.2 Å². The van der Waals surface area contributed by atoms with Crippen LogP contribution in [0.15, 0.2) is 72.8 Å². The highest BCUT2D eigenvalue weighted by Gasteiger charge is 2.34.